The highest BCUT2D eigenvalue weighted by Crippen LogP contribution is 2.35. The Labute approximate surface area is 108 Å². The fraction of sp³-hybridized carbons (Fsp3) is 0.364. The number of rotatable bonds is 6. The Morgan fingerprint density at radius 1 is 1.50 bits per heavy atom. The van der Waals surface area contributed by atoms with Gasteiger partial charge in [-0.05, 0) is 36.8 Å². The van der Waals surface area contributed by atoms with E-state index in [1.54, 1.807) is 18.2 Å². The molecule has 0 aliphatic heterocycles. The van der Waals surface area contributed by atoms with E-state index in [0.717, 1.165) is 24.8 Å². The molecule has 7 heteroatoms. The molecule has 0 spiro atoms. The molecule has 1 aliphatic rings. The van der Waals surface area contributed by atoms with Crippen molar-refractivity contribution in [3.05, 3.63) is 34.4 Å². The summed E-state index contributed by atoms with van der Waals surface area (Å²) in [6.45, 7) is 0. The van der Waals surface area contributed by atoms with E-state index in [-0.39, 0.29) is 11.6 Å². The number of nitro benzene ring substituents is 1. The molecule has 0 aromatic heterocycles. The van der Waals surface area contributed by atoms with Crippen LogP contribution in [0, 0.1) is 16.0 Å². The van der Waals surface area contributed by atoms with Crippen LogP contribution in [-0.2, 0) is 4.79 Å². The fourth-order valence-corrected chi connectivity index (χ4v) is 2.54. The number of aliphatic carboxylic acids is 1. The first-order valence-electron chi connectivity index (χ1n) is 5.48. The van der Waals surface area contributed by atoms with Crippen molar-refractivity contribution in [2.45, 2.75) is 23.8 Å². The molecule has 1 unspecified atom stereocenters. The van der Waals surface area contributed by atoms with Crippen molar-refractivity contribution in [3.8, 4) is 0 Å². The maximum Gasteiger partial charge on any atom is 0.321 e. The molecule has 1 saturated carbocycles. The smallest absolute Gasteiger partial charge is 0.321 e. The average Bonchev–Trinajstić information content (AvgIpc) is 3.13. The zero-order valence-electron chi connectivity index (χ0n) is 9.41. The van der Waals surface area contributed by atoms with Gasteiger partial charge < -0.3 is 5.11 Å². The van der Waals surface area contributed by atoms with Crippen LogP contribution in [0.25, 0.3) is 0 Å². The third kappa shape index (κ3) is 2.99. The van der Waals surface area contributed by atoms with E-state index >= 15 is 0 Å². The minimum absolute atomic E-state index is 0.0186. The zero-order chi connectivity index (χ0) is 13.1. The molecular weight excluding hydrogens is 256 g/mol. The summed E-state index contributed by atoms with van der Waals surface area (Å²) in [5, 5.41) is 19.8. The molecule has 1 atom stereocenters. The number of carboxylic acid groups (broad SMARTS) is 1. The summed E-state index contributed by atoms with van der Waals surface area (Å²) in [4.78, 5) is 21.8. The molecular formula is C11H12N2O4S. The zero-order valence-corrected chi connectivity index (χ0v) is 10.2. The van der Waals surface area contributed by atoms with Gasteiger partial charge in [-0.2, -0.15) is 0 Å². The summed E-state index contributed by atoms with van der Waals surface area (Å²) < 4.78 is 2.81. The molecule has 1 fully saturated rings. The van der Waals surface area contributed by atoms with Gasteiger partial charge in [-0.15, -0.1) is 0 Å². The summed E-state index contributed by atoms with van der Waals surface area (Å²) in [5.41, 5.74) is -0.0186. The van der Waals surface area contributed by atoms with Gasteiger partial charge in [0.2, 0.25) is 0 Å². The summed E-state index contributed by atoms with van der Waals surface area (Å²) in [6, 6.07) is 5.62. The predicted octanol–water partition coefficient (Wildman–Crippen LogP) is 2.05. The van der Waals surface area contributed by atoms with Crippen molar-refractivity contribution >= 4 is 23.6 Å². The number of para-hydroxylation sites is 1. The molecule has 1 aliphatic carbocycles. The number of nitrogens with zero attached hydrogens (tertiary/aromatic N) is 1. The van der Waals surface area contributed by atoms with Crippen LogP contribution in [0.1, 0.15) is 12.8 Å². The molecule has 0 amide bonds. The molecule has 0 heterocycles. The van der Waals surface area contributed by atoms with E-state index in [1.807, 2.05) is 0 Å². The van der Waals surface area contributed by atoms with Crippen LogP contribution in [0.15, 0.2) is 29.2 Å². The van der Waals surface area contributed by atoms with Gasteiger partial charge in [0.15, 0.2) is 0 Å². The molecule has 0 radical (unpaired) electrons. The van der Waals surface area contributed by atoms with E-state index < -0.39 is 16.9 Å². The van der Waals surface area contributed by atoms with Crippen molar-refractivity contribution in [2.75, 3.05) is 0 Å². The lowest BCUT2D eigenvalue weighted by Crippen LogP contribution is -2.34. The largest absolute Gasteiger partial charge is 0.480 e. The minimum atomic E-state index is -0.913. The number of carboxylic acids is 1. The van der Waals surface area contributed by atoms with Gasteiger partial charge in [-0.25, -0.2) is 4.72 Å². The van der Waals surface area contributed by atoms with Crippen molar-refractivity contribution in [3.63, 3.8) is 0 Å². The normalized spacial score (nSPS) is 16.2. The summed E-state index contributed by atoms with van der Waals surface area (Å²) in [5.74, 6) is -0.777. The van der Waals surface area contributed by atoms with Crippen molar-refractivity contribution in [1.82, 2.24) is 4.72 Å². The summed E-state index contributed by atoms with van der Waals surface area (Å²) in [7, 11) is 0. The van der Waals surface area contributed by atoms with E-state index in [0.29, 0.717) is 4.90 Å². The number of hydrogen-bond acceptors (Lipinski definition) is 5. The standard InChI is InChI=1S/C11H12N2O4S/c14-11(15)10(7-5-6-7)12-18-9-4-2-1-3-8(9)13(16)17/h1-4,7,10,12H,5-6H2,(H,14,15). The second-order valence-electron chi connectivity index (χ2n) is 4.10. The number of nitro groups is 1. The van der Waals surface area contributed by atoms with Gasteiger partial charge in [0, 0.05) is 6.07 Å². The third-order valence-electron chi connectivity index (χ3n) is 2.72. The van der Waals surface area contributed by atoms with Gasteiger partial charge in [-0.3, -0.25) is 14.9 Å². The topological polar surface area (TPSA) is 92.5 Å². The van der Waals surface area contributed by atoms with Crippen LogP contribution in [0.3, 0.4) is 0 Å². The average molecular weight is 268 g/mol. The van der Waals surface area contributed by atoms with Crippen LogP contribution in [0.5, 0.6) is 0 Å². The molecule has 0 saturated heterocycles. The lowest BCUT2D eigenvalue weighted by atomic mass is 10.2. The second-order valence-corrected chi connectivity index (χ2v) is 4.98. The number of hydrogen-bond donors (Lipinski definition) is 2. The maximum absolute atomic E-state index is 11.0. The van der Waals surface area contributed by atoms with E-state index in [2.05, 4.69) is 4.72 Å². The number of carbonyl (C=O) groups is 1. The monoisotopic (exact) mass is 268 g/mol. The quantitative estimate of drug-likeness (QED) is 0.466. The first kappa shape index (κ1) is 12.8. The maximum atomic E-state index is 11.0. The molecule has 0 bridgehead atoms. The van der Waals surface area contributed by atoms with Crippen LogP contribution in [-0.4, -0.2) is 22.0 Å². The lowest BCUT2D eigenvalue weighted by molar-refractivity contribution is -0.387. The Bertz CT molecular complexity index is 476. The van der Waals surface area contributed by atoms with Gasteiger partial charge >= 0.3 is 5.97 Å². The van der Waals surface area contributed by atoms with Gasteiger partial charge in [0.05, 0.1) is 4.92 Å². The first-order valence-corrected chi connectivity index (χ1v) is 6.30. The highest BCUT2D eigenvalue weighted by molar-refractivity contribution is 7.97. The van der Waals surface area contributed by atoms with Crippen molar-refractivity contribution < 1.29 is 14.8 Å². The number of nitrogens with one attached hydrogen (secondary N) is 1. The Hall–Kier alpha value is -1.60. The molecule has 6 nitrogen and oxygen atoms in total. The van der Waals surface area contributed by atoms with Crippen LogP contribution < -0.4 is 4.72 Å². The van der Waals surface area contributed by atoms with E-state index in [9.17, 15) is 14.9 Å². The Morgan fingerprint density at radius 2 is 2.17 bits per heavy atom. The molecule has 18 heavy (non-hydrogen) atoms. The first-order chi connectivity index (χ1) is 8.59. The lowest BCUT2D eigenvalue weighted by Gasteiger charge is -2.12. The summed E-state index contributed by atoms with van der Waals surface area (Å²) >= 11 is 1.01. The van der Waals surface area contributed by atoms with E-state index in [4.69, 9.17) is 5.11 Å². The predicted molar refractivity (Wildman–Crippen MR) is 66.2 cm³/mol. The fourth-order valence-electron chi connectivity index (χ4n) is 1.60. The highest BCUT2D eigenvalue weighted by Gasteiger charge is 2.36. The van der Waals surface area contributed by atoms with Crippen LogP contribution in [0.4, 0.5) is 5.69 Å². The van der Waals surface area contributed by atoms with Crippen molar-refractivity contribution in [1.29, 1.82) is 0 Å². The molecule has 2 rings (SSSR count). The molecule has 1 aromatic rings. The summed E-state index contributed by atoms with van der Waals surface area (Å²) in [6.07, 6.45) is 1.78. The van der Waals surface area contributed by atoms with Gasteiger partial charge in [0.1, 0.15) is 10.9 Å². The molecule has 2 N–H and O–H groups in total. The molecule has 1 aromatic carbocycles. The van der Waals surface area contributed by atoms with Crippen molar-refractivity contribution in [2.24, 2.45) is 5.92 Å². The number of benzene rings is 1. The third-order valence-corrected chi connectivity index (χ3v) is 3.65. The minimum Gasteiger partial charge on any atom is -0.480 e. The highest BCUT2D eigenvalue weighted by atomic mass is 32.2. The Morgan fingerprint density at radius 3 is 2.72 bits per heavy atom. The van der Waals surface area contributed by atoms with Crippen LogP contribution >= 0.6 is 11.9 Å². The van der Waals surface area contributed by atoms with Gasteiger partial charge in [-0.1, -0.05) is 12.1 Å². The van der Waals surface area contributed by atoms with Gasteiger partial charge in [0.25, 0.3) is 5.69 Å². The molecule has 96 valence electrons. The second kappa shape index (κ2) is 5.36. The van der Waals surface area contributed by atoms with E-state index in [1.165, 1.54) is 6.07 Å². The van der Waals surface area contributed by atoms with Crippen LogP contribution in [0.2, 0.25) is 0 Å². The Balaban J connectivity index is 2.05. The Kier molecular flexibility index (Phi) is 3.83. The SMILES string of the molecule is O=C(O)C(NSc1ccccc1[N+](=O)[O-])C1CC1.